The van der Waals surface area contributed by atoms with Crippen LogP contribution in [0.2, 0.25) is 0 Å². The van der Waals surface area contributed by atoms with Crippen molar-refractivity contribution in [1.82, 2.24) is 15.0 Å². The van der Waals surface area contributed by atoms with E-state index < -0.39 is 0 Å². The Hall–Kier alpha value is -1.26. The van der Waals surface area contributed by atoms with Crippen molar-refractivity contribution in [2.24, 2.45) is 0 Å². The summed E-state index contributed by atoms with van der Waals surface area (Å²) < 4.78 is 12.0. The minimum absolute atomic E-state index is 0.0926. The molecule has 0 aliphatic heterocycles. The van der Waals surface area contributed by atoms with Gasteiger partial charge in [-0.25, -0.2) is 0 Å². The minimum atomic E-state index is -0.0926. The van der Waals surface area contributed by atoms with Crippen LogP contribution in [0.25, 0.3) is 0 Å². The van der Waals surface area contributed by atoms with Crippen molar-refractivity contribution in [1.29, 1.82) is 5.41 Å². The number of aromatic nitrogens is 3. The molecule has 5 heteroatoms. The van der Waals surface area contributed by atoms with E-state index >= 15 is 0 Å². The van der Waals surface area contributed by atoms with Crippen molar-refractivity contribution >= 4 is 6.21 Å². The summed E-state index contributed by atoms with van der Waals surface area (Å²) in [5.74, 6) is -0.0926. The van der Waals surface area contributed by atoms with E-state index in [1.54, 1.807) is 0 Å². The van der Waals surface area contributed by atoms with E-state index in [2.05, 4.69) is 10.2 Å². The molecule has 0 spiro atoms. The largest absolute Gasteiger partial charge is 0.305 e. The first kappa shape index (κ1) is 4.89. The maximum Gasteiger partial charge on any atom is 0.203 e. The molecule has 1 aromatic heterocycles. The third-order valence-electron chi connectivity index (χ3n) is 0.661. The fourth-order valence-corrected chi connectivity index (χ4v) is 0.323. The lowest BCUT2D eigenvalue weighted by Crippen LogP contribution is -1.88. The van der Waals surface area contributed by atoms with E-state index in [9.17, 15) is 4.48 Å². The molecule has 4 nitrogen and oxygen atoms in total. The second-order valence-electron chi connectivity index (χ2n) is 1.14. The number of nitrogens with one attached hydrogen (secondary N) is 1. The van der Waals surface area contributed by atoms with Crippen LogP contribution in [0.3, 0.4) is 0 Å². The average Bonchev–Trinajstić information content (AvgIpc) is 2.14. The molecule has 0 fully saturated rings. The maximum absolute atomic E-state index is 12.0. The van der Waals surface area contributed by atoms with Crippen LogP contribution in [0.15, 0.2) is 6.33 Å². The highest BCUT2D eigenvalue weighted by Gasteiger charge is 1.94. The molecule has 0 amide bonds. The van der Waals surface area contributed by atoms with Crippen LogP contribution in [0.4, 0.5) is 4.48 Å². The standard InChI is InChI=1S/C3H3FN4/c4-8-2-6-7-3(8)1-5/h1-2,5H. The zero-order valence-corrected chi connectivity index (χ0v) is 3.87. The zero-order chi connectivity index (χ0) is 5.98. The van der Waals surface area contributed by atoms with E-state index in [0.29, 0.717) is 0 Å². The summed E-state index contributed by atoms with van der Waals surface area (Å²) in [6.45, 7) is 0. The molecule has 0 aromatic carbocycles. The van der Waals surface area contributed by atoms with Gasteiger partial charge in [0.1, 0.15) is 0 Å². The van der Waals surface area contributed by atoms with Crippen LogP contribution in [-0.4, -0.2) is 21.2 Å². The summed E-state index contributed by atoms with van der Waals surface area (Å²) in [5, 5.41) is 12.9. The predicted molar refractivity (Wildman–Crippen MR) is 24.4 cm³/mol. The number of rotatable bonds is 1. The summed E-state index contributed by atoms with van der Waals surface area (Å²) in [7, 11) is 0. The Kier molecular flexibility index (Phi) is 1.03. The smallest absolute Gasteiger partial charge is 0.203 e. The Morgan fingerprint density at radius 2 is 2.62 bits per heavy atom. The zero-order valence-electron chi connectivity index (χ0n) is 3.87. The van der Waals surface area contributed by atoms with Gasteiger partial charge in [-0.3, -0.25) is 0 Å². The van der Waals surface area contributed by atoms with Crippen LogP contribution in [0, 0.1) is 5.41 Å². The highest BCUT2D eigenvalue weighted by molar-refractivity contribution is 5.70. The Morgan fingerprint density at radius 1 is 1.88 bits per heavy atom. The van der Waals surface area contributed by atoms with Gasteiger partial charge in [0, 0.05) is 0 Å². The van der Waals surface area contributed by atoms with Crippen LogP contribution < -0.4 is 0 Å². The van der Waals surface area contributed by atoms with Crippen LogP contribution in [0.5, 0.6) is 0 Å². The number of hydrogen-bond donors (Lipinski definition) is 1. The number of nitrogens with zero attached hydrogens (tertiary/aromatic N) is 3. The normalized spacial score (nSPS) is 9.12. The Labute approximate surface area is 44.4 Å². The van der Waals surface area contributed by atoms with Gasteiger partial charge in [0.05, 0.1) is 6.21 Å². The molecule has 0 aliphatic rings. The molecule has 0 saturated heterocycles. The molecule has 1 N–H and O–H groups in total. The highest BCUT2D eigenvalue weighted by atomic mass is 19.2. The molecular formula is C3H3FN4. The van der Waals surface area contributed by atoms with Gasteiger partial charge in [-0.15, -0.1) is 15.0 Å². The van der Waals surface area contributed by atoms with E-state index in [-0.39, 0.29) is 10.6 Å². The molecule has 0 aliphatic carbocycles. The van der Waals surface area contributed by atoms with Gasteiger partial charge in [-0.2, -0.15) is 0 Å². The van der Waals surface area contributed by atoms with Gasteiger partial charge in [0.15, 0.2) is 6.33 Å². The van der Waals surface area contributed by atoms with Gasteiger partial charge in [0.25, 0.3) is 0 Å². The third-order valence-corrected chi connectivity index (χ3v) is 0.661. The van der Waals surface area contributed by atoms with Gasteiger partial charge >= 0.3 is 0 Å². The molecule has 1 heterocycles. The fourth-order valence-electron chi connectivity index (χ4n) is 0.323. The molecule has 0 saturated carbocycles. The summed E-state index contributed by atoms with van der Waals surface area (Å²) >= 11 is 0. The SMILES string of the molecule is N=Cc1nncn1F. The number of halogens is 1. The van der Waals surface area contributed by atoms with Crippen LogP contribution >= 0.6 is 0 Å². The fraction of sp³-hybridized carbons (Fsp3) is 0. The quantitative estimate of drug-likeness (QED) is 0.523. The third kappa shape index (κ3) is 0.575. The molecule has 0 atom stereocenters. The topological polar surface area (TPSA) is 54.6 Å². The molecule has 1 aromatic rings. The molecule has 0 bridgehead atoms. The van der Waals surface area contributed by atoms with Gasteiger partial charge in [-0.1, -0.05) is 4.48 Å². The van der Waals surface area contributed by atoms with Crippen molar-refractivity contribution in [2.75, 3.05) is 0 Å². The van der Waals surface area contributed by atoms with Crippen molar-refractivity contribution in [2.45, 2.75) is 0 Å². The molecule has 0 radical (unpaired) electrons. The average molecular weight is 114 g/mol. The first-order valence-electron chi connectivity index (χ1n) is 1.91. The van der Waals surface area contributed by atoms with E-state index in [1.165, 1.54) is 0 Å². The van der Waals surface area contributed by atoms with Crippen molar-refractivity contribution in [3.8, 4) is 0 Å². The lowest BCUT2D eigenvalue weighted by atomic mass is 10.7. The molecule has 8 heavy (non-hydrogen) atoms. The number of hydrogen-bond acceptors (Lipinski definition) is 3. The van der Waals surface area contributed by atoms with E-state index in [0.717, 1.165) is 12.5 Å². The Bertz CT molecular complexity index is 193. The maximum atomic E-state index is 12.0. The summed E-state index contributed by atoms with van der Waals surface area (Å²) in [4.78, 5) is 0.174. The van der Waals surface area contributed by atoms with E-state index in [4.69, 9.17) is 5.41 Å². The lowest BCUT2D eigenvalue weighted by molar-refractivity contribution is 0.364. The minimum Gasteiger partial charge on any atom is -0.305 e. The molecular weight excluding hydrogens is 111 g/mol. The highest BCUT2D eigenvalue weighted by Crippen LogP contribution is 1.86. The second-order valence-corrected chi connectivity index (χ2v) is 1.14. The van der Waals surface area contributed by atoms with Gasteiger partial charge < -0.3 is 5.41 Å². The lowest BCUT2D eigenvalue weighted by Gasteiger charge is -1.79. The van der Waals surface area contributed by atoms with Crippen molar-refractivity contribution in [3.63, 3.8) is 0 Å². The predicted octanol–water partition coefficient (Wildman–Crippen LogP) is 0.00837. The summed E-state index contributed by atoms with van der Waals surface area (Å²) in [6, 6.07) is 0. The Balaban J connectivity index is 3.09. The summed E-state index contributed by atoms with van der Waals surface area (Å²) in [6.07, 6.45) is 1.67. The van der Waals surface area contributed by atoms with Gasteiger partial charge in [-0.05, 0) is 0 Å². The van der Waals surface area contributed by atoms with Crippen LogP contribution in [0.1, 0.15) is 5.82 Å². The monoisotopic (exact) mass is 114 g/mol. The first-order chi connectivity index (χ1) is 3.84. The van der Waals surface area contributed by atoms with E-state index in [1.807, 2.05) is 0 Å². The van der Waals surface area contributed by atoms with Crippen molar-refractivity contribution < 1.29 is 4.48 Å². The Morgan fingerprint density at radius 3 is 2.88 bits per heavy atom. The van der Waals surface area contributed by atoms with Crippen molar-refractivity contribution in [3.05, 3.63) is 12.2 Å². The van der Waals surface area contributed by atoms with Gasteiger partial charge in [0.2, 0.25) is 5.82 Å². The van der Waals surface area contributed by atoms with Crippen LogP contribution in [-0.2, 0) is 0 Å². The summed E-state index contributed by atoms with van der Waals surface area (Å²) in [5.41, 5.74) is 0. The second kappa shape index (κ2) is 1.69. The molecule has 1 rings (SSSR count). The molecule has 0 unspecified atom stereocenters. The first-order valence-corrected chi connectivity index (χ1v) is 1.91. The molecule has 42 valence electrons.